The second-order valence-corrected chi connectivity index (χ2v) is 8.63. The molecular weight excluding hydrogens is 368 g/mol. The second-order valence-electron chi connectivity index (χ2n) is 8.63. The van der Waals surface area contributed by atoms with E-state index in [1.807, 2.05) is 42.2 Å². The zero-order valence-electron chi connectivity index (χ0n) is 16.6. The number of carboxylic acid groups (broad SMARTS) is 1. The minimum atomic E-state index is -0.992. The molecular formula is C22H26N4O3. The monoisotopic (exact) mass is 394 g/mol. The van der Waals surface area contributed by atoms with Gasteiger partial charge < -0.3 is 10.0 Å². The van der Waals surface area contributed by atoms with Crippen LogP contribution in [0.2, 0.25) is 0 Å². The van der Waals surface area contributed by atoms with Crippen molar-refractivity contribution in [1.29, 1.82) is 0 Å². The predicted molar refractivity (Wildman–Crippen MR) is 110 cm³/mol. The third-order valence-corrected chi connectivity index (χ3v) is 6.23. The van der Waals surface area contributed by atoms with E-state index in [1.165, 1.54) is 17.7 Å². The number of aromatic nitrogens is 2. The molecule has 2 aromatic rings. The Bertz CT molecular complexity index is 961. The van der Waals surface area contributed by atoms with Gasteiger partial charge in [0.2, 0.25) is 5.91 Å². The largest absolute Gasteiger partial charge is 0.465 e. The first-order valence-electron chi connectivity index (χ1n) is 10.5. The fourth-order valence-corrected chi connectivity index (χ4v) is 4.25. The molecule has 0 bridgehead atoms. The van der Waals surface area contributed by atoms with Crippen LogP contribution in [0.25, 0.3) is 11.1 Å². The van der Waals surface area contributed by atoms with Gasteiger partial charge in [0.05, 0.1) is 29.7 Å². The van der Waals surface area contributed by atoms with Crippen molar-refractivity contribution in [3.05, 3.63) is 30.6 Å². The maximum atomic E-state index is 13.0. The number of hydrogen-bond acceptors (Lipinski definition) is 3. The fourth-order valence-electron chi connectivity index (χ4n) is 4.25. The zero-order chi connectivity index (χ0) is 20.1. The van der Waals surface area contributed by atoms with Gasteiger partial charge in [-0.05, 0) is 49.8 Å². The molecule has 0 saturated heterocycles. The van der Waals surface area contributed by atoms with Crippen LogP contribution in [0.15, 0.2) is 30.6 Å². The maximum absolute atomic E-state index is 13.0. The van der Waals surface area contributed by atoms with Crippen LogP contribution < -0.4 is 9.80 Å². The summed E-state index contributed by atoms with van der Waals surface area (Å²) in [5.74, 6) is 0.782. The molecule has 1 aromatic heterocycles. The van der Waals surface area contributed by atoms with Gasteiger partial charge in [-0.3, -0.25) is 14.4 Å². The molecule has 29 heavy (non-hydrogen) atoms. The van der Waals surface area contributed by atoms with Crippen LogP contribution in [0.5, 0.6) is 0 Å². The van der Waals surface area contributed by atoms with Gasteiger partial charge in [-0.2, -0.15) is 5.10 Å². The van der Waals surface area contributed by atoms with Gasteiger partial charge in [0.15, 0.2) is 0 Å². The summed E-state index contributed by atoms with van der Waals surface area (Å²) < 4.78 is 1.99. The number of hydrogen-bond donors (Lipinski definition) is 1. The molecule has 2 amide bonds. The van der Waals surface area contributed by atoms with Gasteiger partial charge in [-0.25, -0.2) is 4.79 Å². The molecule has 7 nitrogen and oxygen atoms in total. The lowest BCUT2D eigenvalue weighted by Crippen LogP contribution is -2.51. The molecule has 5 rings (SSSR count). The van der Waals surface area contributed by atoms with Crippen molar-refractivity contribution in [3.63, 3.8) is 0 Å². The molecule has 2 heterocycles. The van der Waals surface area contributed by atoms with E-state index in [4.69, 9.17) is 0 Å². The average molecular weight is 394 g/mol. The van der Waals surface area contributed by atoms with E-state index in [1.54, 1.807) is 4.90 Å². The molecule has 1 atom stereocenters. The Hall–Kier alpha value is -2.83. The minimum absolute atomic E-state index is 0.0880. The number of benzene rings is 1. The van der Waals surface area contributed by atoms with Gasteiger partial charge in [0.25, 0.3) is 0 Å². The predicted octanol–water partition coefficient (Wildman–Crippen LogP) is 4.29. The maximum Gasteiger partial charge on any atom is 0.411 e. The summed E-state index contributed by atoms with van der Waals surface area (Å²) >= 11 is 0. The standard InChI is InChI=1S/C22H26N4O3/c1-14-12-24(22(28)29)20-10-16(17-11-23-25(13-17)18-6-7-18)5-8-19(20)26(14)21(27)9-4-15-2-3-15/h5,8,10-11,13-15,18H,2-4,6-7,9,12H2,1H3,(H,28,29)/t14-/m0/s1. The average Bonchev–Trinajstić information content (AvgIpc) is 3.64. The van der Waals surface area contributed by atoms with E-state index in [9.17, 15) is 14.7 Å². The van der Waals surface area contributed by atoms with Crippen LogP contribution in [-0.4, -0.2) is 39.5 Å². The molecule has 3 aliphatic rings. The van der Waals surface area contributed by atoms with E-state index in [0.717, 1.165) is 30.4 Å². The van der Waals surface area contributed by atoms with Crippen molar-refractivity contribution in [2.75, 3.05) is 16.3 Å². The van der Waals surface area contributed by atoms with Crippen LogP contribution in [0.1, 0.15) is 51.5 Å². The number of nitrogens with zero attached hydrogens (tertiary/aromatic N) is 4. The summed E-state index contributed by atoms with van der Waals surface area (Å²) in [5, 5.41) is 14.2. The van der Waals surface area contributed by atoms with Crippen molar-refractivity contribution >= 4 is 23.4 Å². The molecule has 0 spiro atoms. The van der Waals surface area contributed by atoms with Crippen molar-refractivity contribution in [1.82, 2.24) is 9.78 Å². The lowest BCUT2D eigenvalue weighted by molar-refractivity contribution is -0.119. The Morgan fingerprint density at radius 2 is 1.93 bits per heavy atom. The van der Waals surface area contributed by atoms with Crippen LogP contribution in [0, 0.1) is 5.92 Å². The van der Waals surface area contributed by atoms with Gasteiger partial charge in [0, 0.05) is 24.7 Å². The fraction of sp³-hybridized carbons (Fsp3) is 0.500. The van der Waals surface area contributed by atoms with Gasteiger partial charge in [-0.15, -0.1) is 0 Å². The van der Waals surface area contributed by atoms with E-state index in [2.05, 4.69) is 5.10 Å². The Morgan fingerprint density at radius 3 is 2.62 bits per heavy atom. The molecule has 0 radical (unpaired) electrons. The molecule has 1 N–H and O–H groups in total. The van der Waals surface area contributed by atoms with Gasteiger partial charge in [0.1, 0.15) is 0 Å². The lowest BCUT2D eigenvalue weighted by atomic mass is 10.0. The number of rotatable bonds is 5. The van der Waals surface area contributed by atoms with E-state index in [0.29, 0.717) is 29.8 Å². The summed E-state index contributed by atoms with van der Waals surface area (Å²) in [6, 6.07) is 6.04. The molecule has 1 aliphatic heterocycles. The van der Waals surface area contributed by atoms with Crippen molar-refractivity contribution in [2.24, 2.45) is 5.92 Å². The summed E-state index contributed by atoms with van der Waals surface area (Å²) in [7, 11) is 0. The van der Waals surface area contributed by atoms with Crippen LogP contribution in [-0.2, 0) is 4.79 Å². The zero-order valence-corrected chi connectivity index (χ0v) is 16.6. The summed E-state index contributed by atoms with van der Waals surface area (Å²) in [4.78, 5) is 28.0. The number of carbonyl (C=O) groups excluding carboxylic acids is 1. The third-order valence-electron chi connectivity index (χ3n) is 6.23. The molecule has 1 aromatic carbocycles. The van der Waals surface area contributed by atoms with Gasteiger partial charge in [-0.1, -0.05) is 18.9 Å². The third kappa shape index (κ3) is 3.50. The first kappa shape index (κ1) is 18.2. The highest BCUT2D eigenvalue weighted by molar-refractivity contribution is 6.03. The Labute approximate surface area is 169 Å². The normalized spacial score (nSPS) is 21.2. The SMILES string of the molecule is C[C@H]1CN(C(=O)O)c2cc(-c3cnn(C4CC4)c3)ccc2N1C(=O)CCC1CC1. The highest BCUT2D eigenvalue weighted by atomic mass is 16.4. The van der Waals surface area contributed by atoms with E-state index in [-0.39, 0.29) is 18.5 Å². The van der Waals surface area contributed by atoms with Crippen molar-refractivity contribution in [3.8, 4) is 11.1 Å². The first-order chi connectivity index (χ1) is 14.0. The molecule has 2 saturated carbocycles. The minimum Gasteiger partial charge on any atom is -0.465 e. The molecule has 7 heteroatoms. The molecule has 2 aliphatic carbocycles. The van der Waals surface area contributed by atoms with Crippen LogP contribution in [0.4, 0.5) is 16.2 Å². The number of fused-ring (bicyclic) bond motifs is 1. The quantitative estimate of drug-likeness (QED) is 0.820. The molecule has 2 fully saturated rings. The molecule has 0 unspecified atom stereocenters. The summed E-state index contributed by atoms with van der Waals surface area (Å²) in [6.45, 7) is 2.20. The number of amides is 2. The van der Waals surface area contributed by atoms with Gasteiger partial charge >= 0.3 is 6.09 Å². The Kier molecular flexibility index (Phi) is 4.33. The number of carbonyl (C=O) groups is 2. The van der Waals surface area contributed by atoms with Crippen molar-refractivity contribution < 1.29 is 14.7 Å². The summed E-state index contributed by atoms with van der Waals surface area (Å²) in [5.41, 5.74) is 3.15. The first-order valence-corrected chi connectivity index (χ1v) is 10.5. The highest BCUT2D eigenvalue weighted by Gasteiger charge is 2.35. The van der Waals surface area contributed by atoms with E-state index < -0.39 is 6.09 Å². The Balaban J connectivity index is 1.48. The molecule has 152 valence electrons. The Morgan fingerprint density at radius 1 is 1.14 bits per heavy atom. The number of anilines is 2. The van der Waals surface area contributed by atoms with Crippen molar-refractivity contribution in [2.45, 2.75) is 57.5 Å². The topological polar surface area (TPSA) is 78.7 Å². The lowest BCUT2D eigenvalue weighted by Gasteiger charge is -2.40. The van der Waals surface area contributed by atoms with Crippen LogP contribution in [0.3, 0.4) is 0 Å². The van der Waals surface area contributed by atoms with Crippen LogP contribution >= 0.6 is 0 Å². The van der Waals surface area contributed by atoms with E-state index >= 15 is 0 Å². The second kappa shape index (κ2) is 6.90. The smallest absolute Gasteiger partial charge is 0.411 e. The highest BCUT2D eigenvalue weighted by Crippen LogP contribution is 2.41. The summed E-state index contributed by atoms with van der Waals surface area (Å²) in [6.07, 6.45) is 9.09.